The van der Waals surface area contributed by atoms with Gasteiger partial charge in [-0.05, 0) is 34.6 Å². The number of ether oxygens (including phenoxy) is 1. The molecule has 7 heteroatoms. The molecular formula is C14H19FN2O4. The zero-order valence-electron chi connectivity index (χ0n) is 12.7. The van der Waals surface area contributed by atoms with Crippen molar-refractivity contribution in [1.82, 2.24) is 10.3 Å². The van der Waals surface area contributed by atoms with E-state index in [1.807, 2.05) is 0 Å². The maximum absolute atomic E-state index is 14.2. The summed E-state index contributed by atoms with van der Waals surface area (Å²) in [6.07, 6.45) is 0. The van der Waals surface area contributed by atoms with Gasteiger partial charge in [0.25, 0.3) is 11.7 Å². The van der Waals surface area contributed by atoms with Crippen LogP contribution in [-0.2, 0) is 9.53 Å². The number of carbonyl (C=O) groups is 3. The fourth-order valence-corrected chi connectivity index (χ4v) is 1.72. The molecule has 6 nitrogen and oxygen atoms in total. The number of Topliss-reactive ketones (excluding diaryl/α,β-unsaturated/α-hetero) is 1. The second kappa shape index (κ2) is 6.07. The normalized spacial score (nSPS) is 11.1. The van der Waals surface area contributed by atoms with Gasteiger partial charge in [-0.15, -0.1) is 0 Å². The molecule has 21 heavy (non-hydrogen) atoms. The molecule has 0 aromatic carbocycles. The van der Waals surface area contributed by atoms with Crippen LogP contribution in [0.3, 0.4) is 0 Å². The first kappa shape index (κ1) is 16.9. The van der Waals surface area contributed by atoms with Gasteiger partial charge >= 0.3 is 5.97 Å². The first-order chi connectivity index (χ1) is 9.58. The monoisotopic (exact) mass is 298 g/mol. The molecule has 116 valence electrons. The lowest BCUT2D eigenvalue weighted by Gasteiger charge is -2.19. The molecule has 2 N–H and O–H groups in total. The van der Waals surface area contributed by atoms with Gasteiger partial charge in [0.15, 0.2) is 11.5 Å². The predicted molar refractivity (Wildman–Crippen MR) is 73.7 cm³/mol. The number of H-pyrrole nitrogens is 1. The summed E-state index contributed by atoms with van der Waals surface area (Å²) >= 11 is 0. The number of ketones is 1. The molecule has 0 fully saturated rings. The molecule has 0 aliphatic rings. The van der Waals surface area contributed by atoms with Gasteiger partial charge in [0.05, 0.1) is 12.2 Å². The van der Waals surface area contributed by atoms with Crippen molar-refractivity contribution in [2.45, 2.75) is 40.2 Å². The van der Waals surface area contributed by atoms with E-state index < -0.39 is 40.3 Å². The van der Waals surface area contributed by atoms with E-state index in [1.54, 1.807) is 27.7 Å². The number of amides is 1. The molecule has 1 rings (SSSR count). The topological polar surface area (TPSA) is 88.3 Å². The summed E-state index contributed by atoms with van der Waals surface area (Å²) in [7, 11) is 0. The van der Waals surface area contributed by atoms with Crippen LogP contribution in [0.1, 0.15) is 54.2 Å². The van der Waals surface area contributed by atoms with Crippen LogP contribution in [0, 0.1) is 12.7 Å². The molecule has 1 heterocycles. The maximum atomic E-state index is 14.2. The van der Waals surface area contributed by atoms with Gasteiger partial charge in [-0.2, -0.15) is 0 Å². The Morgan fingerprint density at radius 1 is 1.29 bits per heavy atom. The van der Waals surface area contributed by atoms with Crippen LogP contribution in [0.25, 0.3) is 0 Å². The number of nitrogens with one attached hydrogen (secondary N) is 2. The number of hydrogen-bond acceptors (Lipinski definition) is 4. The molecule has 0 aliphatic heterocycles. The van der Waals surface area contributed by atoms with Crippen molar-refractivity contribution < 1.29 is 23.5 Å². The van der Waals surface area contributed by atoms with E-state index in [4.69, 9.17) is 0 Å². The molecule has 0 bridgehead atoms. The van der Waals surface area contributed by atoms with E-state index in [-0.39, 0.29) is 12.3 Å². The van der Waals surface area contributed by atoms with Gasteiger partial charge in [0.1, 0.15) is 0 Å². The fraction of sp³-hybridized carbons (Fsp3) is 0.500. The van der Waals surface area contributed by atoms with E-state index in [0.717, 1.165) is 0 Å². The van der Waals surface area contributed by atoms with Crippen LogP contribution < -0.4 is 5.32 Å². The van der Waals surface area contributed by atoms with E-state index in [9.17, 15) is 18.8 Å². The van der Waals surface area contributed by atoms with Gasteiger partial charge in [0.2, 0.25) is 0 Å². The number of aromatic amines is 1. The molecule has 0 unspecified atom stereocenters. The summed E-state index contributed by atoms with van der Waals surface area (Å²) < 4.78 is 18.9. The third-order valence-corrected chi connectivity index (χ3v) is 2.53. The summed E-state index contributed by atoms with van der Waals surface area (Å²) in [4.78, 5) is 37.8. The quantitative estimate of drug-likeness (QED) is 0.503. The predicted octanol–water partition coefficient (Wildman–Crippen LogP) is 1.74. The highest BCUT2D eigenvalue weighted by Crippen LogP contribution is 2.19. The molecule has 0 aliphatic carbocycles. The Morgan fingerprint density at radius 3 is 2.33 bits per heavy atom. The zero-order chi connectivity index (χ0) is 16.4. The Hall–Kier alpha value is -2.18. The van der Waals surface area contributed by atoms with E-state index in [2.05, 4.69) is 15.0 Å². The number of aryl methyl sites for hydroxylation is 1. The van der Waals surface area contributed by atoms with E-state index in [0.29, 0.717) is 0 Å². The minimum atomic E-state index is -1.07. The number of rotatable bonds is 4. The molecule has 0 saturated carbocycles. The first-order valence-corrected chi connectivity index (χ1v) is 6.50. The Balaban J connectivity index is 3.12. The number of halogens is 1. The molecule has 1 amide bonds. The van der Waals surface area contributed by atoms with Crippen LogP contribution >= 0.6 is 0 Å². The number of carbonyl (C=O) groups excluding carboxylic acids is 3. The first-order valence-electron chi connectivity index (χ1n) is 6.50. The highest BCUT2D eigenvalue weighted by molar-refractivity contribution is 6.43. The average Bonchev–Trinajstić information content (AvgIpc) is 2.62. The summed E-state index contributed by atoms with van der Waals surface area (Å²) in [5.41, 5.74) is -1.43. The number of esters is 1. The second-order valence-corrected chi connectivity index (χ2v) is 5.57. The van der Waals surface area contributed by atoms with Gasteiger partial charge in [-0.3, -0.25) is 9.59 Å². The zero-order valence-corrected chi connectivity index (χ0v) is 12.7. The average molecular weight is 298 g/mol. The lowest BCUT2D eigenvalue weighted by molar-refractivity contribution is -0.118. The van der Waals surface area contributed by atoms with Crippen molar-refractivity contribution in [1.29, 1.82) is 0 Å². The van der Waals surface area contributed by atoms with Crippen molar-refractivity contribution >= 4 is 17.7 Å². The summed E-state index contributed by atoms with van der Waals surface area (Å²) in [5, 5.41) is 2.45. The Kier molecular flexibility index (Phi) is 4.88. The molecule has 1 aromatic rings. The highest BCUT2D eigenvalue weighted by Gasteiger charge is 2.30. The third kappa shape index (κ3) is 3.90. The summed E-state index contributed by atoms with van der Waals surface area (Å²) in [5.74, 6) is -3.95. The van der Waals surface area contributed by atoms with E-state index in [1.165, 1.54) is 6.92 Å². The van der Waals surface area contributed by atoms with Gasteiger partial charge < -0.3 is 15.0 Å². The summed E-state index contributed by atoms with van der Waals surface area (Å²) in [6, 6.07) is 0. The van der Waals surface area contributed by atoms with Gasteiger partial charge in [-0.1, -0.05) is 0 Å². The minimum Gasteiger partial charge on any atom is -0.461 e. The lowest BCUT2D eigenvalue weighted by Crippen LogP contribution is -2.44. The minimum absolute atomic E-state index is 0.0735. The van der Waals surface area contributed by atoms with Crippen molar-refractivity contribution in [3.8, 4) is 0 Å². The van der Waals surface area contributed by atoms with Crippen LogP contribution in [0.15, 0.2) is 0 Å². The fourth-order valence-electron chi connectivity index (χ4n) is 1.72. The van der Waals surface area contributed by atoms with Crippen LogP contribution in [0.5, 0.6) is 0 Å². The smallest absolute Gasteiger partial charge is 0.357 e. The third-order valence-electron chi connectivity index (χ3n) is 2.53. The van der Waals surface area contributed by atoms with Crippen molar-refractivity contribution in [3.63, 3.8) is 0 Å². The lowest BCUT2D eigenvalue weighted by atomic mass is 10.1. The van der Waals surface area contributed by atoms with Crippen LogP contribution in [0.2, 0.25) is 0 Å². The van der Waals surface area contributed by atoms with Crippen molar-refractivity contribution in [2.75, 3.05) is 6.61 Å². The van der Waals surface area contributed by atoms with Gasteiger partial charge in [-0.25, -0.2) is 9.18 Å². The second-order valence-electron chi connectivity index (χ2n) is 5.57. The molecule has 0 spiro atoms. The number of hydrogen-bond donors (Lipinski definition) is 2. The van der Waals surface area contributed by atoms with Gasteiger partial charge in [0, 0.05) is 11.2 Å². The van der Waals surface area contributed by atoms with Crippen molar-refractivity contribution in [3.05, 3.63) is 22.8 Å². The maximum Gasteiger partial charge on any atom is 0.357 e. The molecular weight excluding hydrogens is 279 g/mol. The number of aromatic nitrogens is 1. The van der Waals surface area contributed by atoms with Crippen LogP contribution in [-0.4, -0.2) is 34.8 Å². The molecule has 1 aromatic heterocycles. The Morgan fingerprint density at radius 2 is 1.86 bits per heavy atom. The Bertz CT molecular complexity index is 585. The van der Waals surface area contributed by atoms with Crippen LogP contribution in [0.4, 0.5) is 4.39 Å². The van der Waals surface area contributed by atoms with E-state index >= 15 is 0 Å². The summed E-state index contributed by atoms with van der Waals surface area (Å²) in [6.45, 7) is 8.15. The molecule has 0 saturated heterocycles. The molecule has 0 atom stereocenters. The highest BCUT2D eigenvalue weighted by atomic mass is 19.1. The SMILES string of the molecule is CCOC(=O)c1[nH]c(C)c(C(=O)C(=O)NC(C)(C)C)c1F. The standard InChI is InChI=1S/C14H19FN2O4/c1-6-21-13(20)10-9(15)8(7(2)16-10)11(18)12(19)17-14(3,4)5/h16H,6H2,1-5H3,(H,17,19). The molecule has 0 radical (unpaired) electrons. The van der Waals surface area contributed by atoms with Crippen molar-refractivity contribution in [2.24, 2.45) is 0 Å². The Labute approximate surface area is 122 Å². The largest absolute Gasteiger partial charge is 0.461 e.